The van der Waals surface area contributed by atoms with Crippen molar-refractivity contribution in [2.75, 3.05) is 25.0 Å². The first-order valence-corrected chi connectivity index (χ1v) is 7.28. The number of hydrogen-bond acceptors (Lipinski definition) is 3. The second-order valence-corrected chi connectivity index (χ2v) is 5.73. The van der Waals surface area contributed by atoms with Gasteiger partial charge in [0.05, 0.1) is 22.8 Å². The Balaban J connectivity index is 0.00000264. The van der Waals surface area contributed by atoms with Crippen LogP contribution in [0.5, 0.6) is 0 Å². The molecule has 1 heterocycles. The van der Waals surface area contributed by atoms with E-state index < -0.39 is 23.3 Å². The summed E-state index contributed by atoms with van der Waals surface area (Å²) in [5.41, 5.74) is 4.43. The van der Waals surface area contributed by atoms with Crippen LogP contribution in [0.2, 0.25) is 5.02 Å². The number of para-hydroxylation sites is 1. The van der Waals surface area contributed by atoms with E-state index in [1.165, 1.54) is 12.1 Å². The summed E-state index contributed by atoms with van der Waals surface area (Å²) in [5.74, 6) is -0.519. The Morgan fingerprint density at radius 2 is 1.96 bits per heavy atom. The molecule has 1 aliphatic heterocycles. The van der Waals surface area contributed by atoms with Crippen molar-refractivity contribution in [3.8, 4) is 0 Å². The minimum Gasteiger partial charge on any atom is -0.328 e. The summed E-state index contributed by atoms with van der Waals surface area (Å²) < 4.78 is 38.8. The fourth-order valence-electron chi connectivity index (χ4n) is 2.38. The second-order valence-electron chi connectivity index (χ2n) is 5.32. The van der Waals surface area contributed by atoms with Crippen LogP contribution in [-0.4, -0.2) is 36.5 Å². The van der Waals surface area contributed by atoms with E-state index in [0.717, 1.165) is 18.9 Å². The number of rotatable bonds is 3. The van der Waals surface area contributed by atoms with Crippen LogP contribution in [-0.2, 0) is 11.0 Å². The van der Waals surface area contributed by atoms with E-state index in [1.54, 1.807) is 0 Å². The monoisotopic (exact) mass is 371 g/mol. The Labute approximate surface area is 143 Å². The van der Waals surface area contributed by atoms with Crippen molar-refractivity contribution < 1.29 is 18.0 Å². The highest BCUT2D eigenvalue weighted by atomic mass is 35.5. The van der Waals surface area contributed by atoms with Gasteiger partial charge in [0.25, 0.3) is 0 Å². The van der Waals surface area contributed by atoms with Crippen LogP contribution in [0.4, 0.5) is 18.9 Å². The third-order valence-electron chi connectivity index (χ3n) is 3.58. The van der Waals surface area contributed by atoms with E-state index in [4.69, 9.17) is 17.3 Å². The Morgan fingerprint density at radius 3 is 2.52 bits per heavy atom. The van der Waals surface area contributed by atoms with Crippen LogP contribution >= 0.6 is 24.0 Å². The summed E-state index contributed by atoms with van der Waals surface area (Å²) in [7, 11) is 0. The largest absolute Gasteiger partial charge is 0.418 e. The highest BCUT2D eigenvalue weighted by Gasteiger charge is 2.35. The number of alkyl halides is 3. The van der Waals surface area contributed by atoms with Crippen LogP contribution in [0.25, 0.3) is 0 Å². The summed E-state index contributed by atoms with van der Waals surface area (Å²) >= 11 is 5.80. The molecule has 1 saturated heterocycles. The van der Waals surface area contributed by atoms with Crippen molar-refractivity contribution in [1.29, 1.82) is 0 Å². The van der Waals surface area contributed by atoms with Crippen LogP contribution in [0.15, 0.2) is 18.2 Å². The van der Waals surface area contributed by atoms with Gasteiger partial charge >= 0.3 is 6.18 Å². The number of anilines is 1. The minimum absolute atomic E-state index is 0. The highest BCUT2D eigenvalue weighted by Crippen LogP contribution is 2.38. The first-order chi connectivity index (χ1) is 10.3. The van der Waals surface area contributed by atoms with Crippen molar-refractivity contribution in [3.05, 3.63) is 28.8 Å². The van der Waals surface area contributed by atoms with Crippen LogP contribution in [0.1, 0.15) is 18.4 Å². The maximum Gasteiger partial charge on any atom is 0.418 e. The summed E-state index contributed by atoms with van der Waals surface area (Å²) in [6, 6.07) is 3.53. The molecule has 0 aromatic heterocycles. The SMILES string of the molecule is Cl.NC1CCN(CC(=O)Nc2c(Cl)cccc2C(F)(F)F)CC1. The number of hydrogen-bond donors (Lipinski definition) is 2. The first-order valence-electron chi connectivity index (χ1n) is 6.91. The average molecular weight is 372 g/mol. The molecule has 1 aromatic rings. The number of nitrogens with zero attached hydrogens (tertiary/aromatic N) is 1. The molecule has 0 aliphatic carbocycles. The maximum atomic E-state index is 12.9. The van der Waals surface area contributed by atoms with Gasteiger partial charge in [-0.25, -0.2) is 0 Å². The maximum absolute atomic E-state index is 12.9. The van der Waals surface area contributed by atoms with Crippen LogP contribution in [0, 0.1) is 0 Å². The van der Waals surface area contributed by atoms with Gasteiger partial charge in [-0.2, -0.15) is 13.2 Å². The van der Waals surface area contributed by atoms with Gasteiger partial charge in [-0.3, -0.25) is 9.69 Å². The summed E-state index contributed by atoms with van der Waals surface area (Å²) in [4.78, 5) is 13.8. The topological polar surface area (TPSA) is 58.4 Å². The van der Waals surface area contributed by atoms with Crippen molar-refractivity contribution in [2.24, 2.45) is 5.73 Å². The van der Waals surface area contributed by atoms with Crippen molar-refractivity contribution in [2.45, 2.75) is 25.1 Å². The van der Waals surface area contributed by atoms with Crippen molar-refractivity contribution in [1.82, 2.24) is 4.90 Å². The lowest BCUT2D eigenvalue weighted by Gasteiger charge is -2.29. The molecule has 1 aromatic carbocycles. The fourth-order valence-corrected chi connectivity index (χ4v) is 2.60. The van der Waals surface area contributed by atoms with Crippen LogP contribution < -0.4 is 11.1 Å². The molecule has 0 saturated carbocycles. The van der Waals surface area contributed by atoms with Crippen molar-refractivity contribution >= 4 is 35.6 Å². The summed E-state index contributed by atoms with van der Waals surface area (Å²) in [5, 5.41) is 2.14. The molecule has 2 rings (SSSR count). The molecule has 1 fully saturated rings. The summed E-state index contributed by atoms with van der Waals surface area (Å²) in [6.07, 6.45) is -3.04. The average Bonchev–Trinajstić information content (AvgIpc) is 2.42. The number of halogens is 5. The zero-order valence-corrected chi connectivity index (χ0v) is 13.8. The molecule has 0 atom stereocenters. The standard InChI is InChI=1S/C14H17ClF3N3O.ClH/c15-11-3-1-2-10(14(16,17)18)13(11)20-12(22)8-21-6-4-9(19)5-7-21;/h1-3,9H,4-8,19H2,(H,20,22);1H. The molecule has 0 spiro atoms. The lowest BCUT2D eigenvalue weighted by Crippen LogP contribution is -2.43. The molecule has 3 N–H and O–H groups in total. The van der Waals surface area contributed by atoms with E-state index in [2.05, 4.69) is 5.32 Å². The van der Waals surface area contributed by atoms with Gasteiger partial charge in [-0.1, -0.05) is 17.7 Å². The normalized spacial score (nSPS) is 16.7. The van der Waals surface area contributed by atoms with E-state index >= 15 is 0 Å². The zero-order valence-electron chi connectivity index (χ0n) is 12.2. The molecular formula is C14H18Cl2F3N3O. The van der Waals surface area contributed by atoms with Crippen molar-refractivity contribution in [3.63, 3.8) is 0 Å². The van der Waals surface area contributed by atoms with Gasteiger partial charge in [0.2, 0.25) is 5.91 Å². The number of amides is 1. The number of piperidine rings is 1. The highest BCUT2D eigenvalue weighted by molar-refractivity contribution is 6.34. The molecule has 1 aliphatic rings. The van der Waals surface area contributed by atoms with Gasteiger partial charge in [0.15, 0.2) is 0 Å². The van der Waals surface area contributed by atoms with Gasteiger partial charge in [0.1, 0.15) is 0 Å². The minimum atomic E-state index is -4.58. The number of nitrogens with one attached hydrogen (secondary N) is 1. The molecule has 9 heteroatoms. The predicted molar refractivity (Wildman–Crippen MR) is 86.0 cm³/mol. The van der Waals surface area contributed by atoms with E-state index in [-0.39, 0.29) is 30.0 Å². The van der Waals surface area contributed by atoms with E-state index in [0.29, 0.717) is 13.1 Å². The van der Waals surface area contributed by atoms with Gasteiger partial charge in [-0.15, -0.1) is 12.4 Å². The third-order valence-corrected chi connectivity index (χ3v) is 3.90. The molecular weight excluding hydrogens is 354 g/mol. The fraction of sp³-hybridized carbons (Fsp3) is 0.500. The Morgan fingerprint density at radius 1 is 1.35 bits per heavy atom. The van der Waals surface area contributed by atoms with Gasteiger partial charge in [0, 0.05) is 19.1 Å². The zero-order chi connectivity index (χ0) is 16.3. The smallest absolute Gasteiger partial charge is 0.328 e. The molecule has 0 radical (unpaired) electrons. The quantitative estimate of drug-likeness (QED) is 0.857. The van der Waals surface area contributed by atoms with Gasteiger partial charge in [-0.05, 0) is 25.0 Å². The second kappa shape index (κ2) is 8.19. The lowest BCUT2D eigenvalue weighted by atomic mass is 10.1. The van der Waals surface area contributed by atoms with Crippen LogP contribution in [0.3, 0.4) is 0 Å². The van der Waals surface area contributed by atoms with E-state index in [1.807, 2.05) is 4.90 Å². The van der Waals surface area contributed by atoms with E-state index in [9.17, 15) is 18.0 Å². The Kier molecular flexibility index (Phi) is 7.13. The molecule has 0 unspecified atom stereocenters. The number of carbonyl (C=O) groups is 1. The lowest BCUT2D eigenvalue weighted by molar-refractivity contribution is -0.137. The predicted octanol–water partition coefficient (Wildman–Crippen LogP) is 3.14. The number of benzene rings is 1. The molecule has 23 heavy (non-hydrogen) atoms. The molecule has 0 bridgehead atoms. The molecule has 4 nitrogen and oxygen atoms in total. The number of likely N-dealkylation sites (tertiary alicyclic amines) is 1. The summed E-state index contributed by atoms with van der Waals surface area (Å²) in [6.45, 7) is 1.34. The Bertz CT molecular complexity index is 547. The number of carbonyl (C=O) groups excluding carboxylic acids is 1. The molecule has 1 amide bonds. The third kappa shape index (κ3) is 5.53. The number of nitrogens with two attached hydrogens (primary N) is 1. The first kappa shape index (κ1) is 20.0. The molecule has 130 valence electrons. The van der Waals surface area contributed by atoms with Gasteiger partial charge < -0.3 is 11.1 Å². The Hall–Kier alpha value is -1.02.